The van der Waals surface area contributed by atoms with Gasteiger partial charge in [0.25, 0.3) is 0 Å². The third-order valence-electron chi connectivity index (χ3n) is 4.73. The lowest BCUT2D eigenvalue weighted by Crippen LogP contribution is -2.41. The minimum atomic E-state index is -1.44. The second-order valence-corrected chi connectivity index (χ2v) is 7.34. The Balaban J connectivity index is 2.08. The van der Waals surface area contributed by atoms with Crippen LogP contribution in [0.1, 0.15) is 32.6 Å². The van der Waals surface area contributed by atoms with Gasteiger partial charge in [-0.05, 0) is 19.9 Å². The fraction of sp³-hybridized carbons (Fsp3) is 0.211. The molecule has 0 saturated heterocycles. The molecule has 2 aromatic rings. The molecular formula is C19H15N3O4S. The zero-order valence-corrected chi connectivity index (χ0v) is 15.4. The number of carbonyl (C=O) groups is 2. The largest absolute Gasteiger partial charge is 0.462 e. The van der Waals surface area contributed by atoms with Gasteiger partial charge in [0.15, 0.2) is 11.2 Å². The molecule has 3 heterocycles. The average molecular weight is 381 g/mol. The number of benzene rings is 1. The van der Waals surface area contributed by atoms with Gasteiger partial charge in [-0.25, -0.2) is 4.79 Å². The summed E-state index contributed by atoms with van der Waals surface area (Å²) in [4.78, 5) is 26.7. The molecule has 1 amide bonds. The Morgan fingerprint density at radius 1 is 1.44 bits per heavy atom. The van der Waals surface area contributed by atoms with Crippen LogP contribution < -0.4 is 15.8 Å². The van der Waals surface area contributed by atoms with E-state index in [-0.39, 0.29) is 29.4 Å². The molecule has 0 saturated carbocycles. The molecule has 1 aromatic heterocycles. The van der Waals surface area contributed by atoms with Crippen molar-refractivity contribution in [3.63, 3.8) is 0 Å². The van der Waals surface area contributed by atoms with Gasteiger partial charge in [-0.3, -0.25) is 4.79 Å². The van der Waals surface area contributed by atoms with Gasteiger partial charge in [0, 0.05) is 16.1 Å². The van der Waals surface area contributed by atoms with Crippen LogP contribution in [0, 0.1) is 18.3 Å². The highest BCUT2D eigenvalue weighted by Gasteiger charge is 2.58. The molecule has 0 fully saturated rings. The number of anilines is 1. The summed E-state index contributed by atoms with van der Waals surface area (Å²) in [5.74, 6) is -0.966. The van der Waals surface area contributed by atoms with Gasteiger partial charge in [-0.2, -0.15) is 5.26 Å². The minimum absolute atomic E-state index is 0.00843. The van der Waals surface area contributed by atoms with Crippen molar-refractivity contribution in [2.24, 2.45) is 5.73 Å². The first kappa shape index (κ1) is 17.1. The van der Waals surface area contributed by atoms with Crippen LogP contribution in [0.15, 0.2) is 35.7 Å². The average Bonchev–Trinajstić information content (AvgIpc) is 3.11. The van der Waals surface area contributed by atoms with E-state index in [4.69, 9.17) is 15.2 Å². The third-order valence-corrected chi connectivity index (χ3v) is 5.93. The van der Waals surface area contributed by atoms with Gasteiger partial charge in [-0.15, -0.1) is 11.3 Å². The predicted molar refractivity (Wildman–Crippen MR) is 98.3 cm³/mol. The predicted octanol–water partition coefficient (Wildman–Crippen LogP) is 2.56. The molecule has 2 aliphatic rings. The van der Waals surface area contributed by atoms with Crippen LogP contribution >= 0.6 is 11.3 Å². The number of hydrogen-bond donors (Lipinski definition) is 2. The zero-order chi connectivity index (χ0) is 19.3. The van der Waals surface area contributed by atoms with Crippen molar-refractivity contribution in [1.29, 1.82) is 5.26 Å². The molecule has 4 rings (SSSR count). The number of para-hydroxylation sites is 1. The molecule has 1 aromatic carbocycles. The van der Waals surface area contributed by atoms with E-state index in [1.807, 2.05) is 6.07 Å². The van der Waals surface area contributed by atoms with Crippen molar-refractivity contribution in [3.05, 3.63) is 56.6 Å². The highest BCUT2D eigenvalue weighted by molar-refractivity contribution is 7.13. The molecular weight excluding hydrogens is 366 g/mol. The number of esters is 1. The molecule has 0 aliphatic carbocycles. The number of carbonyl (C=O) groups excluding carboxylic acids is 2. The van der Waals surface area contributed by atoms with E-state index in [0.717, 1.165) is 0 Å². The van der Waals surface area contributed by atoms with Gasteiger partial charge in [-0.1, -0.05) is 18.2 Å². The third kappa shape index (κ3) is 2.06. The summed E-state index contributed by atoms with van der Waals surface area (Å²) in [5, 5.41) is 12.6. The number of nitrogens with zero attached hydrogens (tertiary/aromatic N) is 1. The van der Waals surface area contributed by atoms with Gasteiger partial charge < -0.3 is 20.5 Å². The monoisotopic (exact) mass is 381 g/mol. The van der Waals surface area contributed by atoms with Crippen LogP contribution in [0.4, 0.5) is 5.69 Å². The SMILES string of the molecule is CCOC(=O)c1c(C)sc2c1OC(N)=C(C#N)C21C(=O)Nc2ccccc21. The quantitative estimate of drug-likeness (QED) is 0.773. The van der Waals surface area contributed by atoms with Crippen LogP contribution in [0.25, 0.3) is 0 Å². The lowest BCUT2D eigenvalue weighted by atomic mass is 9.72. The number of aryl methyl sites for hydroxylation is 1. The molecule has 8 heteroatoms. The smallest absolute Gasteiger partial charge is 0.343 e. The number of rotatable bonds is 2. The summed E-state index contributed by atoms with van der Waals surface area (Å²) in [7, 11) is 0. The van der Waals surface area contributed by atoms with E-state index in [1.165, 1.54) is 11.3 Å². The Hall–Kier alpha value is -3.31. The van der Waals surface area contributed by atoms with Crippen LogP contribution in [0.2, 0.25) is 0 Å². The lowest BCUT2D eigenvalue weighted by Gasteiger charge is -2.31. The summed E-state index contributed by atoms with van der Waals surface area (Å²) in [6.45, 7) is 3.65. The Morgan fingerprint density at radius 2 is 2.19 bits per heavy atom. The molecule has 0 bridgehead atoms. The molecule has 1 unspecified atom stereocenters. The Bertz CT molecular complexity index is 1080. The van der Waals surface area contributed by atoms with Crippen LogP contribution in [0.5, 0.6) is 5.75 Å². The van der Waals surface area contributed by atoms with Gasteiger partial charge in [0.2, 0.25) is 11.8 Å². The van der Waals surface area contributed by atoms with E-state index in [9.17, 15) is 14.9 Å². The van der Waals surface area contributed by atoms with E-state index >= 15 is 0 Å². The maximum Gasteiger partial charge on any atom is 0.343 e. The number of thiophene rings is 1. The molecule has 27 heavy (non-hydrogen) atoms. The summed E-state index contributed by atoms with van der Waals surface area (Å²) in [6, 6.07) is 9.15. The summed E-state index contributed by atoms with van der Waals surface area (Å²) in [5.41, 5.74) is 6.04. The topological polar surface area (TPSA) is 114 Å². The van der Waals surface area contributed by atoms with E-state index in [0.29, 0.717) is 21.0 Å². The van der Waals surface area contributed by atoms with Crippen molar-refractivity contribution in [2.75, 3.05) is 11.9 Å². The van der Waals surface area contributed by atoms with Gasteiger partial charge in [0.1, 0.15) is 17.2 Å². The standard InChI is InChI=1S/C19H15N3O4S/c1-3-25-17(23)13-9(2)27-15-14(13)26-16(21)11(8-20)19(15)10-6-4-5-7-12(10)22-18(19)24/h4-7H,3,21H2,1-2H3,(H,22,24). The van der Waals surface area contributed by atoms with Crippen molar-refractivity contribution >= 4 is 28.9 Å². The fourth-order valence-corrected chi connectivity index (χ4v) is 4.92. The number of ether oxygens (including phenoxy) is 2. The molecule has 3 N–H and O–H groups in total. The number of amides is 1. The summed E-state index contributed by atoms with van der Waals surface area (Å²) >= 11 is 1.23. The maximum absolute atomic E-state index is 13.2. The molecule has 136 valence electrons. The van der Waals surface area contributed by atoms with Crippen molar-refractivity contribution < 1.29 is 19.1 Å². The fourth-order valence-electron chi connectivity index (χ4n) is 3.64. The normalized spacial score (nSPS) is 19.8. The molecule has 7 nitrogen and oxygen atoms in total. The molecule has 0 radical (unpaired) electrons. The summed E-state index contributed by atoms with van der Waals surface area (Å²) in [6.07, 6.45) is 0. The van der Waals surface area contributed by atoms with Gasteiger partial charge >= 0.3 is 5.97 Å². The van der Waals surface area contributed by atoms with Crippen LogP contribution in [-0.4, -0.2) is 18.5 Å². The second-order valence-electron chi connectivity index (χ2n) is 6.11. The Kier molecular flexibility index (Phi) is 3.71. The molecule has 2 aliphatic heterocycles. The summed E-state index contributed by atoms with van der Waals surface area (Å²) < 4.78 is 10.8. The zero-order valence-electron chi connectivity index (χ0n) is 14.6. The number of hydrogen-bond acceptors (Lipinski definition) is 7. The maximum atomic E-state index is 13.2. The Labute approximate surface area is 159 Å². The lowest BCUT2D eigenvalue weighted by molar-refractivity contribution is -0.118. The molecule has 1 spiro atoms. The Morgan fingerprint density at radius 3 is 2.89 bits per heavy atom. The number of nitriles is 1. The van der Waals surface area contributed by atoms with Gasteiger partial charge in [0.05, 0.1) is 11.5 Å². The van der Waals surface area contributed by atoms with Crippen molar-refractivity contribution in [1.82, 2.24) is 0 Å². The first-order valence-electron chi connectivity index (χ1n) is 8.26. The highest BCUT2D eigenvalue weighted by Crippen LogP contribution is 2.57. The highest BCUT2D eigenvalue weighted by atomic mass is 32.1. The first-order valence-corrected chi connectivity index (χ1v) is 9.08. The second kappa shape index (κ2) is 5.86. The van der Waals surface area contributed by atoms with E-state index in [2.05, 4.69) is 5.32 Å². The van der Waals surface area contributed by atoms with Crippen LogP contribution in [0.3, 0.4) is 0 Å². The number of nitrogens with one attached hydrogen (secondary N) is 1. The van der Waals surface area contributed by atoms with Crippen molar-refractivity contribution in [3.8, 4) is 11.8 Å². The van der Waals surface area contributed by atoms with E-state index < -0.39 is 17.3 Å². The van der Waals surface area contributed by atoms with Crippen molar-refractivity contribution in [2.45, 2.75) is 19.3 Å². The molecule has 1 atom stereocenters. The van der Waals surface area contributed by atoms with E-state index in [1.54, 1.807) is 38.1 Å². The number of nitrogens with two attached hydrogens (primary N) is 1. The first-order chi connectivity index (χ1) is 13.0. The van der Waals surface area contributed by atoms with Crippen LogP contribution in [-0.2, 0) is 14.9 Å². The number of fused-ring (bicyclic) bond motifs is 4. The minimum Gasteiger partial charge on any atom is -0.462 e.